The molecule has 3 aromatic heterocycles. The summed E-state index contributed by atoms with van der Waals surface area (Å²) in [5, 5.41) is 66.2. The van der Waals surface area contributed by atoms with Gasteiger partial charge in [-0.05, 0) is 184 Å². The average molecular weight is 2190 g/mol. The van der Waals surface area contributed by atoms with Crippen LogP contribution in [0.3, 0.4) is 0 Å². The number of thiocarbonyl (C=S) groups is 3. The van der Waals surface area contributed by atoms with Gasteiger partial charge in [0.15, 0.2) is 43.8 Å². The largest absolute Gasteiger partial charge is 1.00 e. The van der Waals surface area contributed by atoms with Crippen LogP contribution in [0.2, 0.25) is 10.0 Å². The number of nitro benzene ring substituents is 2. The molecule has 13 aromatic rings. The van der Waals surface area contributed by atoms with Gasteiger partial charge in [-0.3, -0.25) is 44.7 Å². The second-order valence-electron chi connectivity index (χ2n) is 26.2. The molecule has 13 rings (SSSR count). The van der Waals surface area contributed by atoms with Crippen molar-refractivity contribution in [2.75, 3.05) is 72.5 Å². The molecule has 10 aromatic carbocycles. The van der Waals surface area contributed by atoms with Crippen LogP contribution in [-0.2, 0) is 9.68 Å². The third-order valence-corrected chi connectivity index (χ3v) is 19.1. The van der Waals surface area contributed by atoms with Gasteiger partial charge >= 0.3 is 155 Å². The number of aromatic nitrogens is 1. The molecule has 0 spiro atoms. The summed E-state index contributed by atoms with van der Waals surface area (Å²) in [4.78, 5) is 97.0. The number of ether oxygens (including phenoxy) is 5. The molecular formula is C96H101Br2Cl2K2N10NaO21S4. The monoisotopic (exact) mass is 2190 g/mol. The number of thiazole rings is 1. The average Bonchev–Trinajstić information content (AvgIpc) is 1.78. The third kappa shape index (κ3) is 49.8. The number of para-hydroxylation sites is 14. The molecule has 3 heterocycles. The number of nitrogens with zero attached hydrogens (tertiary/aromatic N) is 4. The first-order valence-electron chi connectivity index (χ1n) is 41.0. The summed E-state index contributed by atoms with van der Waals surface area (Å²) in [5.41, 5.74) is 15.5. The number of amides is 2. The van der Waals surface area contributed by atoms with Crippen LogP contribution in [0.25, 0.3) is 33.2 Å². The van der Waals surface area contributed by atoms with E-state index in [0.29, 0.717) is 97.7 Å². The number of fused-ring (bicyclic) bond motifs is 2. The second-order valence-corrected chi connectivity index (χ2v) is 30.2. The van der Waals surface area contributed by atoms with Gasteiger partial charge in [0, 0.05) is 44.7 Å². The summed E-state index contributed by atoms with van der Waals surface area (Å²) in [6.07, 6.45) is 5.91. The Kier molecular flexibility index (Phi) is 72.4. The zero-order valence-corrected chi connectivity index (χ0v) is 93.5. The van der Waals surface area contributed by atoms with Gasteiger partial charge in [0.1, 0.15) is 28.6 Å². The van der Waals surface area contributed by atoms with Gasteiger partial charge in [-0.15, -0.1) is 11.3 Å². The number of alkyl halides is 2. The zero-order valence-electron chi connectivity index (χ0n) is 78.3. The van der Waals surface area contributed by atoms with Crippen molar-refractivity contribution in [3.05, 3.63) is 328 Å². The molecule has 138 heavy (non-hydrogen) atoms. The standard InChI is InChI=1S/C21H17ClN2O3S.C17H18N2O2S.C11H6BrClO3.C10H14N2OS.C9H11NO3.C9H13NO.C8H5NOS.C6H5NO3.C3H7Br.CH2O3.CH3O.2K.Na.H/c1-2-10-26-18-9-4-3-8-16(18)23-21-24-17(12-28-21)14-11-13-6-5-7-15(22)19(13)27-20(14)25;1-2-12-21-15-11-7-6-10-14(15)18-17(22)19-16(20)13-8-4-3-5-9-13;12-5-9(14)7-4-6-2-1-3-8(13)10(6)16-11(7)15;1-2-7-13-9-6-4-3-5-8(9)12-10(11)14;1-2-7-13-9-6-4-3-5-8(9)10(11)12;1-2-7-11-9-6-4-3-5-8(9)10;10-8(9-6-11)7-4-2-1-3-5-7;8-6-4-2-1-3-5(6)7(9)10;1-2-3-4;2-1-4-3;1-2;;;;/h3-9,11-12H,2,10H2,1H3,(H,23,24);3-11H,2,12H2,1H3,(H2,18,19,20,22);1-4H,5H2;3-6H,2,7H2,1H3,(H3,11,12,14);3-6H,2,7H2,1H3;3-6H,2,7,10H2,1H3;1-5H;1-4,8H;2-3H2,1H3;1,3H;1H3;;;;/q;;;;;;;;;;-1;3*+1;-1/p-1. The summed E-state index contributed by atoms with van der Waals surface area (Å²) in [5.74, 6) is 2.18. The molecule has 31 nitrogen and oxygen atoms in total. The Balaban J connectivity index is 0. The van der Waals surface area contributed by atoms with Gasteiger partial charge in [0.05, 0.1) is 97.4 Å². The van der Waals surface area contributed by atoms with Gasteiger partial charge < -0.3 is 81.7 Å². The SMILES string of the molecule is CCCBr.CCCOc1ccccc1N.CCCOc1ccccc1NC(=S)NC(=O)c1ccccc1.CCCOc1ccccc1NC(N)=S.CCCOc1ccccc1Nc1nc(-c2cc3cccc(Cl)c3oc2=O)cs1.CCCOc1ccccc1[N+](=O)[O-].C[O-].O=C(CBr)c1cc2cccc(Cl)c2oc1=O.O=C(N=C=S)c1ccccc1.O=CO[O-].O=[N+]([O-])c1ccccc1O.[H-].[K+].[K+].[Na+]. The first-order valence-corrected chi connectivity index (χ1v) is 46.1. The number of phenols is 1. The summed E-state index contributed by atoms with van der Waals surface area (Å²) in [6.45, 7) is 15.3. The Morgan fingerprint density at radius 3 is 1.41 bits per heavy atom. The fraction of sp³-hybridized carbons (Fsp3) is 0.208. The molecule has 0 saturated heterocycles. The molecule has 0 atom stereocenters. The fourth-order valence-corrected chi connectivity index (χ4v) is 11.9. The maximum absolute atomic E-state index is 12.4. The van der Waals surface area contributed by atoms with E-state index >= 15 is 0 Å². The van der Waals surface area contributed by atoms with Gasteiger partial charge in [-0.25, -0.2) is 14.6 Å². The summed E-state index contributed by atoms with van der Waals surface area (Å²) in [6, 6.07) is 73.6. The Morgan fingerprint density at radius 1 is 0.565 bits per heavy atom. The minimum Gasteiger partial charge on any atom is -1.00 e. The van der Waals surface area contributed by atoms with E-state index in [-0.39, 0.29) is 196 Å². The van der Waals surface area contributed by atoms with E-state index in [1.54, 1.807) is 97.1 Å². The summed E-state index contributed by atoms with van der Waals surface area (Å²) < 4.78 is 37.9. The first kappa shape index (κ1) is 129. The number of nitrogens with two attached hydrogens (primary N) is 2. The van der Waals surface area contributed by atoms with Crippen molar-refractivity contribution < 1.29 is 216 Å². The number of hydrogen-bond acceptors (Lipinski definition) is 28. The maximum Gasteiger partial charge on any atom is 1.00 e. The number of Topliss-reactive ketones (excluding diaryl/α,β-unsaturated/α-hetero) is 1. The van der Waals surface area contributed by atoms with Crippen molar-refractivity contribution in [3.8, 4) is 45.8 Å². The van der Waals surface area contributed by atoms with Crippen molar-refractivity contribution in [2.24, 2.45) is 10.7 Å². The molecule has 0 unspecified atom stereocenters. The van der Waals surface area contributed by atoms with E-state index in [1.807, 2.05) is 146 Å². The van der Waals surface area contributed by atoms with Crippen LogP contribution in [0, 0.1) is 20.2 Å². The Labute approximate surface area is 954 Å². The van der Waals surface area contributed by atoms with E-state index in [0.717, 1.165) is 90.8 Å². The Bertz CT molecular complexity index is 6040. The minimum atomic E-state index is -0.662. The molecule has 0 bridgehead atoms. The zero-order chi connectivity index (χ0) is 99.7. The molecule has 716 valence electrons. The molecule has 0 radical (unpaired) electrons. The first-order chi connectivity index (χ1) is 65.2. The minimum absolute atomic E-state index is 0. The van der Waals surface area contributed by atoms with Crippen molar-refractivity contribution in [2.45, 2.75) is 80.1 Å². The van der Waals surface area contributed by atoms with Crippen molar-refractivity contribution >= 4 is 204 Å². The topological polar surface area (TPSA) is 462 Å². The van der Waals surface area contributed by atoms with Crippen LogP contribution < -0.4 is 210 Å². The van der Waals surface area contributed by atoms with Crippen LogP contribution >= 0.6 is 103 Å². The predicted molar refractivity (Wildman–Crippen MR) is 549 cm³/mol. The molecule has 0 fully saturated rings. The van der Waals surface area contributed by atoms with Crippen molar-refractivity contribution in [1.82, 2.24) is 10.3 Å². The van der Waals surface area contributed by atoms with Gasteiger partial charge in [0.2, 0.25) is 0 Å². The van der Waals surface area contributed by atoms with Crippen molar-refractivity contribution in [1.29, 1.82) is 0 Å². The third-order valence-electron chi connectivity index (χ3n) is 16.1. The molecular weight excluding hydrogens is 2090 g/mol. The smallest absolute Gasteiger partial charge is 1.00 e. The molecule has 0 saturated carbocycles. The number of rotatable bonds is 28. The van der Waals surface area contributed by atoms with E-state index in [4.69, 9.17) is 112 Å². The number of carbonyl (C=O) groups excluding carboxylic acids is 4. The number of nitro groups is 2. The number of benzene rings is 10. The van der Waals surface area contributed by atoms with Crippen LogP contribution in [0.1, 0.15) is 113 Å². The van der Waals surface area contributed by atoms with Gasteiger partial charge in [-0.1, -0.05) is 230 Å². The molecule has 9 N–H and O–H groups in total. The Hall–Kier alpha value is -9.16. The van der Waals surface area contributed by atoms with E-state index in [1.165, 1.54) is 54.2 Å². The quantitative estimate of drug-likeness (QED) is 0.00205. The van der Waals surface area contributed by atoms with Gasteiger partial charge in [-0.2, -0.15) is 12.1 Å². The number of isothiocyanates is 1. The van der Waals surface area contributed by atoms with E-state index in [2.05, 4.69) is 108 Å². The van der Waals surface area contributed by atoms with Crippen LogP contribution in [0.15, 0.2) is 284 Å². The maximum atomic E-state index is 12.4. The number of phenolic OH excluding ortho intramolecular Hbond substituents is 1. The van der Waals surface area contributed by atoms with Crippen LogP contribution in [0.4, 0.5) is 39.3 Å². The number of nitrogens with one attached hydrogen (secondary N) is 4. The van der Waals surface area contributed by atoms with Crippen molar-refractivity contribution in [3.63, 3.8) is 0 Å². The predicted octanol–water partition coefficient (Wildman–Crippen LogP) is 12.9. The Morgan fingerprint density at radius 2 is 0.964 bits per heavy atom. The van der Waals surface area contributed by atoms with Crippen LogP contribution in [-0.4, -0.2) is 110 Å². The fourth-order valence-electron chi connectivity index (χ4n) is 10.1. The number of hydrogen-bond donors (Lipinski definition) is 7. The number of halogens is 4. The molecule has 0 aliphatic rings. The summed E-state index contributed by atoms with van der Waals surface area (Å²) >= 11 is 33.9. The number of anilines is 5. The molecule has 2 amide bonds. The number of aromatic hydroxyl groups is 1. The number of carbonyl (C=O) groups is 4. The molecule has 0 aliphatic heterocycles. The molecule has 0 aliphatic carbocycles. The number of nitrogen functional groups attached to an aromatic ring is 1. The van der Waals surface area contributed by atoms with E-state index < -0.39 is 21.1 Å². The van der Waals surface area contributed by atoms with E-state index in [9.17, 15) is 44.2 Å². The molecule has 42 heteroatoms. The number of aliphatic imine (C=N–C) groups is 1. The second kappa shape index (κ2) is 77.6. The van der Waals surface area contributed by atoms with Crippen LogP contribution in [0.5, 0.6) is 34.5 Å². The number of ketones is 1. The normalized spacial score (nSPS) is 9.40. The van der Waals surface area contributed by atoms with Gasteiger partial charge in [0.25, 0.3) is 18.3 Å². The summed E-state index contributed by atoms with van der Waals surface area (Å²) in [7, 11) is 0.750.